The van der Waals surface area contributed by atoms with Crippen LogP contribution in [0.4, 0.5) is 0 Å². The zero-order valence-corrected chi connectivity index (χ0v) is 9.50. The van der Waals surface area contributed by atoms with Crippen LogP contribution < -0.4 is 0 Å². The van der Waals surface area contributed by atoms with Gasteiger partial charge in [-0.1, -0.05) is 12.1 Å². The van der Waals surface area contributed by atoms with E-state index in [1.54, 1.807) is 18.7 Å². The lowest BCUT2D eigenvalue weighted by atomic mass is 10.3. The first kappa shape index (κ1) is 10.1. The Morgan fingerprint density at radius 2 is 2.18 bits per heavy atom. The molecule has 2 aromatic heterocycles. The van der Waals surface area contributed by atoms with Gasteiger partial charge in [0.15, 0.2) is 0 Å². The van der Waals surface area contributed by atoms with Gasteiger partial charge in [-0.05, 0) is 18.6 Å². The number of nitrogens with one attached hydrogen (secondary N) is 1. The lowest BCUT2D eigenvalue weighted by Gasteiger charge is -1.95. The number of aromatic nitrogens is 4. The summed E-state index contributed by atoms with van der Waals surface area (Å²) >= 11 is 0. The van der Waals surface area contributed by atoms with Crippen molar-refractivity contribution < 1.29 is 0 Å². The zero-order chi connectivity index (χ0) is 11.5. The maximum absolute atomic E-state index is 4.56. The smallest absolute Gasteiger partial charge is 0.109 e. The first-order valence-corrected chi connectivity index (χ1v) is 5.82. The molecule has 0 atom stereocenters. The number of aromatic amines is 1. The Hall–Kier alpha value is -2.10. The van der Waals surface area contributed by atoms with Gasteiger partial charge in [0.05, 0.1) is 17.4 Å². The van der Waals surface area contributed by atoms with Gasteiger partial charge in [-0.25, -0.2) is 9.97 Å². The summed E-state index contributed by atoms with van der Waals surface area (Å²) in [5.41, 5.74) is 2.44. The molecule has 0 fully saturated rings. The molecular formula is C13H14N4. The molecule has 0 aliphatic carbocycles. The highest BCUT2D eigenvalue weighted by atomic mass is 15.1. The first-order chi connectivity index (χ1) is 8.45. The molecule has 0 spiro atoms. The van der Waals surface area contributed by atoms with Crippen molar-refractivity contribution in [1.29, 1.82) is 0 Å². The SMILES string of the molecule is c1c[nH]cn1.c1ccc2c(c1)nc1n2CCC1. The van der Waals surface area contributed by atoms with Crippen LogP contribution in [0, 0.1) is 0 Å². The van der Waals surface area contributed by atoms with Crippen molar-refractivity contribution >= 4 is 11.0 Å². The highest BCUT2D eigenvalue weighted by molar-refractivity contribution is 5.76. The normalized spacial score (nSPS) is 13.2. The molecule has 0 unspecified atom stereocenters. The molecule has 0 saturated carbocycles. The molecule has 1 aliphatic rings. The Bertz CT molecular complexity index is 578. The number of rotatable bonds is 0. The summed E-state index contributed by atoms with van der Waals surface area (Å²) in [5, 5.41) is 0. The molecule has 3 heterocycles. The molecule has 0 amide bonds. The van der Waals surface area contributed by atoms with Crippen LogP contribution in [0.5, 0.6) is 0 Å². The average Bonchev–Trinajstić information content (AvgIpc) is 3.08. The van der Waals surface area contributed by atoms with Crippen LogP contribution in [0.15, 0.2) is 43.0 Å². The van der Waals surface area contributed by atoms with Gasteiger partial charge in [0, 0.05) is 25.4 Å². The third-order valence-corrected chi connectivity index (χ3v) is 2.92. The van der Waals surface area contributed by atoms with Gasteiger partial charge in [0.2, 0.25) is 0 Å². The van der Waals surface area contributed by atoms with E-state index in [2.05, 4.69) is 37.7 Å². The van der Waals surface area contributed by atoms with E-state index in [9.17, 15) is 0 Å². The minimum absolute atomic E-state index is 1.15. The number of aryl methyl sites for hydroxylation is 2. The van der Waals surface area contributed by atoms with Gasteiger partial charge >= 0.3 is 0 Å². The Morgan fingerprint density at radius 1 is 1.24 bits per heavy atom. The number of imidazole rings is 2. The van der Waals surface area contributed by atoms with Crippen LogP contribution in [0.1, 0.15) is 12.2 Å². The number of hydrogen-bond acceptors (Lipinski definition) is 2. The molecule has 4 nitrogen and oxygen atoms in total. The van der Waals surface area contributed by atoms with Crippen molar-refractivity contribution in [3.8, 4) is 0 Å². The third kappa shape index (κ3) is 1.93. The molecule has 0 saturated heterocycles. The second-order valence-electron chi connectivity index (χ2n) is 4.03. The highest BCUT2D eigenvalue weighted by Crippen LogP contribution is 2.21. The van der Waals surface area contributed by atoms with E-state index >= 15 is 0 Å². The Kier molecular flexibility index (Phi) is 2.62. The van der Waals surface area contributed by atoms with E-state index in [1.165, 1.54) is 17.8 Å². The van der Waals surface area contributed by atoms with E-state index in [4.69, 9.17) is 0 Å². The van der Waals surface area contributed by atoms with E-state index in [0.29, 0.717) is 0 Å². The number of fused-ring (bicyclic) bond motifs is 3. The number of nitrogens with zero attached hydrogens (tertiary/aromatic N) is 3. The fraction of sp³-hybridized carbons (Fsp3) is 0.231. The van der Waals surface area contributed by atoms with Crippen molar-refractivity contribution in [2.75, 3.05) is 0 Å². The van der Waals surface area contributed by atoms with Crippen LogP contribution in [0.3, 0.4) is 0 Å². The minimum Gasteiger partial charge on any atom is -0.351 e. The Balaban J connectivity index is 0.000000153. The largest absolute Gasteiger partial charge is 0.351 e. The van der Waals surface area contributed by atoms with E-state index in [1.807, 2.05) is 6.07 Å². The van der Waals surface area contributed by atoms with Crippen molar-refractivity contribution in [3.05, 3.63) is 48.8 Å². The molecule has 86 valence electrons. The number of para-hydroxylation sites is 2. The molecule has 0 radical (unpaired) electrons. The molecular weight excluding hydrogens is 212 g/mol. The summed E-state index contributed by atoms with van der Waals surface area (Å²) < 4.78 is 2.33. The van der Waals surface area contributed by atoms with Crippen molar-refractivity contribution in [2.45, 2.75) is 19.4 Å². The molecule has 4 heteroatoms. The van der Waals surface area contributed by atoms with Crippen LogP contribution in [-0.4, -0.2) is 19.5 Å². The fourth-order valence-corrected chi connectivity index (χ4v) is 2.18. The van der Waals surface area contributed by atoms with Crippen molar-refractivity contribution in [2.24, 2.45) is 0 Å². The van der Waals surface area contributed by atoms with Crippen molar-refractivity contribution in [3.63, 3.8) is 0 Å². The lowest BCUT2D eigenvalue weighted by molar-refractivity contribution is 0.771. The van der Waals surface area contributed by atoms with Crippen LogP contribution in [0.2, 0.25) is 0 Å². The molecule has 17 heavy (non-hydrogen) atoms. The van der Waals surface area contributed by atoms with E-state index < -0.39 is 0 Å². The first-order valence-electron chi connectivity index (χ1n) is 5.82. The standard InChI is InChI=1S/C10H10N2.C3H4N2/c1-2-5-9-8(4-1)11-10-6-3-7-12(9)10;1-2-5-3-4-1/h1-2,4-5H,3,6-7H2;1-3H,(H,4,5). The highest BCUT2D eigenvalue weighted by Gasteiger charge is 2.14. The fourth-order valence-electron chi connectivity index (χ4n) is 2.18. The molecule has 4 rings (SSSR count). The summed E-state index contributed by atoms with van der Waals surface area (Å²) in [5.74, 6) is 1.26. The van der Waals surface area contributed by atoms with Gasteiger partial charge < -0.3 is 9.55 Å². The number of benzene rings is 1. The lowest BCUT2D eigenvalue weighted by Crippen LogP contribution is -1.90. The predicted octanol–water partition coefficient (Wildman–Crippen LogP) is 2.39. The van der Waals surface area contributed by atoms with Gasteiger partial charge in [-0.15, -0.1) is 0 Å². The maximum atomic E-state index is 4.56. The molecule has 1 aromatic carbocycles. The number of H-pyrrole nitrogens is 1. The molecule has 1 aliphatic heterocycles. The van der Waals surface area contributed by atoms with Gasteiger partial charge in [0.1, 0.15) is 5.82 Å². The quantitative estimate of drug-likeness (QED) is 0.639. The monoisotopic (exact) mass is 226 g/mol. The van der Waals surface area contributed by atoms with Crippen LogP contribution in [0.25, 0.3) is 11.0 Å². The second-order valence-corrected chi connectivity index (χ2v) is 4.03. The van der Waals surface area contributed by atoms with Crippen LogP contribution in [-0.2, 0) is 13.0 Å². The molecule has 1 N–H and O–H groups in total. The summed E-state index contributed by atoms with van der Waals surface area (Å²) in [6, 6.07) is 8.36. The number of hydrogen-bond donors (Lipinski definition) is 1. The minimum atomic E-state index is 1.15. The predicted molar refractivity (Wildman–Crippen MR) is 66.6 cm³/mol. The summed E-state index contributed by atoms with van der Waals surface area (Å²) in [6.07, 6.45) is 7.49. The molecule has 3 aromatic rings. The topological polar surface area (TPSA) is 46.5 Å². The summed E-state index contributed by atoms with van der Waals surface area (Å²) in [7, 11) is 0. The Labute approximate surface area is 99.3 Å². The zero-order valence-electron chi connectivity index (χ0n) is 9.50. The van der Waals surface area contributed by atoms with E-state index in [0.717, 1.165) is 18.5 Å². The summed E-state index contributed by atoms with van der Waals surface area (Å²) in [6.45, 7) is 1.15. The average molecular weight is 226 g/mol. The second kappa shape index (κ2) is 4.41. The maximum Gasteiger partial charge on any atom is 0.109 e. The van der Waals surface area contributed by atoms with Gasteiger partial charge in [0.25, 0.3) is 0 Å². The van der Waals surface area contributed by atoms with Crippen LogP contribution >= 0.6 is 0 Å². The molecule has 0 bridgehead atoms. The van der Waals surface area contributed by atoms with Gasteiger partial charge in [-0.2, -0.15) is 0 Å². The van der Waals surface area contributed by atoms with E-state index in [-0.39, 0.29) is 0 Å². The van der Waals surface area contributed by atoms with Gasteiger partial charge in [-0.3, -0.25) is 0 Å². The Morgan fingerprint density at radius 3 is 2.94 bits per heavy atom. The van der Waals surface area contributed by atoms with Crippen molar-refractivity contribution in [1.82, 2.24) is 19.5 Å². The third-order valence-electron chi connectivity index (χ3n) is 2.92. The summed E-state index contributed by atoms with van der Waals surface area (Å²) in [4.78, 5) is 11.0.